The Kier molecular flexibility index (Phi) is 6.04. The summed E-state index contributed by atoms with van der Waals surface area (Å²) in [6.45, 7) is 5.58. The van der Waals surface area contributed by atoms with E-state index in [0.717, 1.165) is 21.4 Å². The predicted molar refractivity (Wildman–Crippen MR) is 135 cm³/mol. The number of piperidine rings is 1. The van der Waals surface area contributed by atoms with Crippen LogP contribution in [0.15, 0.2) is 60.4 Å². The van der Waals surface area contributed by atoms with Gasteiger partial charge in [-0.3, -0.25) is 29.0 Å². The minimum absolute atomic E-state index is 0.0114. The Morgan fingerprint density at radius 3 is 2.57 bits per heavy atom. The number of nitrogens with zero attached hydrogens (tertiary/aromatic N) is 2. The van der Waals surface area contributed by atoms with Crippen molar-refractivity contribution in [3.63, 3.8) is 0 Å². The molecule has 1 unspecified atom stereocenters. The Bertz CT molecular complexity index is 1450. The van der Waals surface area contributed by atoms with E-state index in [1.165, 1.54) is 0 Å². The number of amides is 6. The Morgan fingerprint density at radius 1 is 1.08 bits per heavy atom. The van der Waals surface area contributed by atoms with Crippen LogP contribution >= 0.6 is 11.6 Å². The van der Waals surface area contributed by atoms with Gasteiger partial charge in [-0.15, -0.1) is 0 Å². The number of nitrogens with one attached hydrogen (secondary N) is 3. The highest BCUT2D eigenvalue weighted by molar-refractivity contribution is 6.31. The Labute approximate surface area is 216 Å². The molecule has 0 bridgehead atoms. The van der Waals surface area contributed by atoms with Crippen LogP contribution in [-0.4, -0.2) is 45.5 Å². The number of aryl methyl sites for hydroxylation is 1. The van der Waals surface area contributed by atoms with Crippen molar-refractivity contribution in [3.05, 3.63) is 82.2 Å². The standard InChI is InChI=1S/C26H22ClN5O5/c1-13-3-5-17(10-19(13)27)30-26(37)31-12-15-9-16(6-7-18(15)24(31)35)29-20-11-22(33)32(25(20)36)21-8-4-14(2)28-23(21)34/h3,5-7,9-11,21,29H,2,4,8,12H2,1H3,(H,28,34)(H,30,37). The first kappa shape index (κ1) is 24.3. The topological polar surface area (TPSA) is 128 Å². The van der Waals surface area contributed by atoms with Crippen molar-refractivity contribution in [2.75, 3.05) is 10.6 Å². The van der Waals surface area contributed by atoms with E-state index < -0.39 is 35.7 Å². The zero-order valence-electron chi connectivity index (χ0n) is 19.8. The summed E-state index contributed by atoms with van der Waals surface area (Å²) in [7, 11) is 0. The summed E-state index contributed by atoms with van der Waals surface area (Å²) in [6.07, 6.45) is 1.91. The molecular weight excluding hydrogens is 498 g/mol. The van der Waals surface area contributed by atoms with E-state index in [1.807, 2.05) is 6.92 Å². The first-order valence-electron chi connectivity index (χ1n) is 11.5. The van der Waals surface area contributed by atoms with Crippen LogP contribution in [0.4, 0.5) is 16.2 Å². The predicted octanol–water partition coefficient (Wildman–Crippen LogP) is 3.29. The van der Waals surface area contributed by atoms with Crippen molar-refractivity contribution in [1.29, 1.82) is 0 Å². The van der Waals surface area contributed by atoms with E-state index in [4.69, 9.17) is 11.6 Å². The highest BCUT2D eigenvalue weighted by Gasteiger charge is 2.41. The number of anilines is 2. The van der Waals surface area contributed by atoms with Gasteiger partial charge in [0.2, 0.25) is 5.91 Å². The molecule has 0 aromatic heterocycles. The molecule has 3 aliphatic heterocycles. The molecule has 0 radical (unpaired) electrons. The molecule has 0 aliphatic carbocycles. The van der Waals surface area contributed by atoms with E-state index in [-0.39, 0.29) is 12.2 Å². The lowest BCUT2D eigenvalue weighted by Crippen LogP contribution is -2.52. The minimum atomic E-state index is -0.908. The van der Waals surface area contributed by atoms with Crippen LogP contribution in [0.1, 0.15) is 34.3 Å². The summed E-state index contributed by atoms with van der Waals surface area (Å²) in [5, 5.41) is 8.65. The van der Waals surface area contributed by atoms with Crippen LogP contribution in [0.2, 0.25) is 5.02 Å². The molecule has 37 heavy (non-hydrogen) atoms. The van der Waals surface area contributed by atoms with Gasteiger partial charge in [-0.2, -0.15) is 0 Å². The average molecular weight is 520 g/mol. The fourth-order valence-corrected chi connectivity index (χ4v) is 4.64. The molecule has 1 saturated heterocycles. The van der Waals surface area contributed by atoms with Gasteiger partial charge in [-0.25, -0.2) is 4.79 Å². The summed E-state index contributed by atoms with van der Waals surface area (Å²) in [5.41, 5.74) is 3.26. The monoisotopic (exact) mass is 519 g/mol. The van der Waals surface area contributed by atoms with Gasteiger partial charge in [0.15, 0.2) is 0 Å². The maximum Gasteiger partial charge on any atom is 0.329 e. The largest absolute Gasteiger partial charge is 0.351 e. The van der Waals surface area contributed by atoms with Gasteiger partial charge in [0.05, 0.1) is 6.54 Å². The molecule has 2 aromatic carbocycles. The molecule has 3 heterocycles. The van der Waals surface area contributed by atoms with Crippen molar-refractivity contribution in [1.82, 2.24) is 15.1 Å². The first-order valence-corrected chi connectivity index (χ1v) is 11.9. The maximum absolute atomic E-state index is 12.9. The molecule has 6 amide bonds. The number of hydrogen-bond acceptors (Lipinski definition) is 6. The number of hydrogen-bond donors (Lipinski definition) is 3. The van der Waals surface area contributed by atoms with Gasteiger partial charge in [-0.1, -0.05) is 24.2 Å². The van der Waals surface area contributed by atoms with Crippen molar-refractivity contribution in [2.45, 2.75) is 32.4 Å². The summed E-state index contributed by atoms with van der Waals surface area (Å²) < 4.78 is 0. The number of halogens is 1. The summed E-state index contributed by atoms with van der Waals surface area (Å²) in [5.74, 6) is -2.11. The van der Waals surface area contributed by atoms with Gasteiger partial charge in [0.25, 0.3) is 17.7 Å². The van der Waals surface area contributed by atoms with Crippen LogP contribution in [0.25, 0.3) is 0 Å². The Balaban J connectivity index is 1.27. The number of fused-ring (bicyclic) bond motifs is 1. The first-order chi connectivity index (χ1) is 17.6. The number of rotatable bonds is 4. The lowest BCUT2D eigenvalue weighted by molar-refractivity contribution is -0.146. The van der Waals surface area contributed by atoms with E-state index in [1.54, 1.807) is 36.4 Å². The van der Waals surface area contributed by atoms with Crippen LogP contribution in [-0.2, 0) is 20.9 Å². The van der Waals surface area contributed by atoms with Crippen molar-refractivity contribution in [2.24, 2.45) is 0 Å². The molecule has 3 N–H and O–H groups in total. The van der Waals surface area contributed by atoms with Gasteiger partial charge >= 0.3 is 6.03 Å². The average Bonchev–Trinajstić information content (AvgIpc) is 3.32. The number of allylic oxidation sites excluding steroid dienone is 1. The number of benzene rings is 2. The Hall–Kier alpha value is -4.44. The Morgan fingerprint density at radius 2 is 1.84 bits per heavy atom. The van der Waals surface area contributed by atoms with Gasteiger partial charge < -0.3 is 16.0 Å². The van der Waals surface area contributed by atoms with Crippen LogP contribution in [0.3, 0.4) is 0 Å². The third kappa shape index (κ3) is 4.47. The molecule has 1 atom stereocenters. The molecule has 3 aliphatic rings. The lowest BCUT2D eigenvalue weighted by atomic mass is 10.0. The number of urea groups is 1. The molecule has 1 fully saturated rings. The van der Waals surface area contributed by atoms with Crippen molar-refractivity contribution < 1.29 is 24.0 Å². The second kappa shape index (κ2) is 9.21. The number of carbonyl (C=O) groups is 5. The second-order valence-electron chi connectivity index (χ2n) is 9.00. The minimum Gasteiger partial charge on any atom is -0.351 e. The summed E-state index contributed by atoms with van der Waals surface area (Å²) in [6, 6.07) is 8.33. The molecule has 2 aromatic rings. The third-order valence-corrected chi connectivity index (χ3v) is 6.85. The SMILES string of the molecule is C=C1CCC(N2C(=O)C=C(Nc3ccc4c(c3)CN(C(=O)Nc3ccc(C)c(Cl)c3)C4=O)C2=O)C(=O)N1. The van der Waals surface area contributed by atoms with E-state index >= 15 is 0 Å². The van der Waals surface area contributed by atoms with Crippen molar-refractivity contribution in [3.8, 4) is 0 Å². The highest BCUT2D eigenvalue weighted by atomic mass is 35.5. The molecule has 0 spiro atoms. The molecule has 10 nitrogen and oxygen atoms in total. The third-order valence-electron chi connectivity index (χ3n) is 6.44. The van der Waals surface area contributed by atoms with Gasteiger partial charge in [0.1, 0.15) is 11.7 Å². The maximum atomic E-state index is 12.9. The van der Waals surface area contributed by atoms with Crippen LogP contribution in [0.5, 0.6) is 0 Å². The van der Waals surface area contributed by atoms with Gasteiger partial charge in [0, 0.05) is 33.7 Å². The number of carbonyl (C=O) groups excluding carboxylic acids is 5. The molecule has 5 rings (SSSR count). The quantitative estimate of drug-likeness (QED) is 0.532. The highest BCUT2D eigenvalue weighted by Crippen LogP contribution is 2.29. The second-order valence-corrected chi connectivity index (χ2v) is 9.41. The fourth-order valence-electron chi connectivity index (χ4n) is 4.46. The smallest absolute Gasteiger partial charge is 0.329 e. The van der Waals surface area contributed by atoms with E-state index in [9.17, 15) is 24.0 Å². The normalized spacial score (nSPS) is 19.1. The van der Waals surface area contributed by atoms with Gasteiger partial charge in [-0.05, 0) is 61.2 Å². The summed E-state index contributed by atoms with van der Waals surface area (Å²) >= 11 is 6.12. The zero-order valence-corrected chi connectivity index (χ0v) is 20.5. The fraction of sp³-hybridized carbons (Fsp3) is 0.192. The van der Waals surface area contributed by atoms with E-state index in [2.05, 4.69) is 22.5 Å². The number of imide groups is 2. The van der Waals surface area contributed by atoms with Crippen molar-refractivity contribution >= 4 is 52.6 Å². The van der Waals surface area contributed by atoms with Crippen LogP contribution < -0.4 is 16.0 Å². The molecular formula is C26H22ClN5O5. The van der Waals surface area contributed by atoms with E-state index in [0.29, 0.717) is 46.1 Å². The zero-order chi connectivity index (χ0) is 26.4. The summed E-state index contributed by atoms with van der Waals surface area (Å²) in [4.78, 5) is 65.4. The lowest BCUT2D eigenvalue weighted by Gasteiger charge is -2.29. The molecule has 0 saturated carbocycles. The van der Waals surface area contributed by atoms with Crippen LogP contribution in [0, 0.1) is 6.92 Å². The molecule has 11 heteroatoms. The molecule has 188 valence electrons.